The summed E-state index contributed by atoms with van der Waals surface area (Å²) in [5.41, 5.74) is 0.346. The number of piperazine rings is 1. The quantitative estimate of drug-likeness (QED) is 0.889. The minimum absolute atomic E-state index is 0.277. The van der Waals surface area contributed by atoms with Gasteiger partial charge in [0.1, 0.15) is 5.75 Å². The minimum Gasteiger partial charge on any atom is -0.497 e. The molecule has 0 radical (unpaired) electrons. The molecule has 27 heavy (non-hydrogen) atoms. The first-order valence-corrected chi connectivity index (χ1v) is 10.4. The van der Waals surface area contributed by atoms with E-state index < -0.39 is 5.60 Å². The zero-order chi connectivity index (χ0) is 18.6. The predicted octanol–water partition coefficient (Wildman–Crippen LogP) is 2.68. The van der Waals surface area contributed by atoms with Gasteiger partial charge in [-0.1, -0.05) is 0 Å². The molecule has 1 aliphatic heterocycles. The summed E-state index contributed by atoms with van der Waals surface area (Å²) in [6, 6.07) is 8.15. The molecule has 5 heteroatoms. The van der Waals surface area contributed by atoms with Crippen molar-refractivity contribution in [3.8, 4) is 5.75 Å². The number of aliphatic hydroxyl groups is 1. The number of rotatable bonds is 3. The molecule has 0 spiro atoms. The Bertz CT molecular complexity index is 710. The van der Waals surface area contributed by atoms with Gasteiger partial charge in [0, 0.05) is 31.9 Å². The number of methoxy groups -OCH3 is 1. The molecule has 1 heterocycles. The summed E-state index contributed by atoms with van der Waals surface area (Å²) in [6.07, 6.45) is 5.77. The first-order valence-electron chi connectivity index (χ1n) is 10.4. The molecule has 0 aromatic heterocycles. The van der Waals surface area contributed by atoms with E-state index in [1.165, 1.54) is 12.1 Å². The SMILES string of the molecule is COc1ccc(N2CCN(C(=O)C34CC5CC(CC(O)(C5)C3)C4)CC2)cc1. The second-order valence-electron chi connectivity index (χ2n) is 9.44. The molecule has 1 N–H and O–H groups in total. The number of carbonyl (C=O) groups excluding carboxylic acids is 1. The van der Waals surface area contributed by atoms with E-state index in [2.05, 4.69) is 21.9 Å². The van der Waals surface area contributed by atoms with Crippen molar-refractivity contribution in [1.82, 2.24) is 4.90 Å². The first-order chi connectivity index (χ1) is 13.0. The van der Waals surface area contributed by atoms with Gasteiger partial charge >= 0.3 is 0 Å². The van der Waals surface area contributed by atoms with Crippen LogP contribution in [0.2, 0.25) is 0 Å². The summed E-state index contributed by atoms with van der Waals surface area (Å²) in [5.74, 6) is 2.30. The van der Waals surface area contributed by atoms with Crippen molar-refractivity contribution >= 4 is 11.6 Å². The Morgan fingerprint density at radius 2 is 1.67 bits per heavy atom. The molecule has 1 amide bonds. The van der Waals surface area contributed by atoms with Crippen LogP contribution in [0.25, 0.3) is 0 Å². The van der Waals surface area contributed by atoms with Gasteiger partial charge in [0.05, 0.1) is 18.1 Å². The van der Waals surface area contributed by atoms with Crippen LogP contribution in [-0.2, 0) is 4.79 Å². The highest BCUT2D eigenvalue weighted by Crippen LogP contribution is 2.62. The Hall–Kier alpha value is -1.75. The van der Waals surface area contributed by atoms with Crippen LogP contribution >= 0.6 is 0 Å². The van der Waals surface area contributed by atoms with Gasteiger partial charge in [0.25, 0.3) is 0 Å². The van der Waals surface area contributed by atoms with Gasteiger partial charge in [-0.2, -0.15) is 0 Å². The van der Waals surface area contributed by atoms with Gasteiger partial charge in [-0.25, -0.2) is 0 Å². The lowest BCUT2D eigenvalue weighted by atomic mass is 9.47. The van der Waals surface area contributed by atoms with Crippen molar-refractivity contribution in [2.45, 2.75) is 44.1 Å². The number of nitrogens with zero attached hydrogens (tertiary/aromatic N) is 2. The van der Waals surface area contributed by atoms with Crippen molar-refractivity contribution < 1.29 is 14.6 Å². The monoisotopic (exact) mass is 370 g/mol. The molecule has 4 aliphatic carbocycles. The molecule has 4 bridgehead atoms. The molecule has 6 rings (SSSR count). The first kappa shape index (κ1) is 17.4. The highest BCUT2D eigenvalue weighted by Gasteiger charge is 2.60. The fourth-order valence-corrected chi connectivity index (χ4v) is 6.76. The molecule has 2 atom stereocenters. The lowest BCUT2D eigenvalue weighted by Gasteiger charge is -2.60. The van der Waals surface area contributed by atoms with Gasteiger partial charge < -0.3 is 19.6 Å². The summed E-state index contributed by atoms with van der Waals surface area (Å²) in [7, 11) is 1.68. The molecule has 5 fully saturated rings. The van der Waals surface area contributed by atoms with E-state index in [4.69, 9.17) is 4.74 Å². The lowest BCUT2D eigenvalue weighted by molar-refractivity contribution is -0.186. The van der Waals surface area contributed by atoms with Crippen LogP contribution in [0.5, 0.6) is 5.75 Å². The molecule has 1 saturated heterocycles. The third kappa shape index (κ3) is 2.91. The highest BCUT2D eigenvalue weighted by molar-refractivity contribution is 5.84. The van der Waals surface area contributed by atoms with E-state index in [1.807, 2.05) is 12.1 Å². The Morgan fingerprint density at radius 3 is 2.22 bits per heavy atom. The standard InChI is InChI=1S/C22H30N2O3/c1-27-19-4-2-18(3-5-19)23-6-8-24(9-7-23)20(25)21-11-16-10-17(12-21)14-22(26,13-16)15-21/h2-5,16-17,26H,6-15H2,1H3. The van der Waals surface area contributed by atoms with E-state index >= 15 is 0 Å². The average Bonchev–Trinajstić information content (AvgIpc) is 2.66. The third-order valence-corrected chi connectivity index (χ3v) is 7.49. The van der Waals surface area contributed by atoms with Crippen molar-refractivity contribution in [1.29, 1.82) is 0 Å². The molecule has 5 aliphatic rings. The van der Waals surface area contributed by atoms with Crippen molar-refractivity contribution in [3.63, 3.8) is 0 Å². The second-order valence-corrected chi connectivity index (χ2v) is 9.44. The highest BCUT2D eigenvalue weighted by atomic mass is 16.5. The molecule has 1 aromatic rings. The van der Waals surface area contributed by atoms with Crippen LogP contribution in [0.4, 0.5) is 5.69 Å². The van der Waals surface area contributed by atoms with E-state index in [0.29, 0.717) is 24.2 Å². The number of ether oxygens (including phenoxy) is 1. The van der Waals surface area contributed by atoms with Crippen molar-refractivity contribution in [2.75, 3.05) is 38.2 Å². The smallest absolute Gasteiger partial charge is 0.229 e. The molecule has 2 unspecified atom stereocenters. The molecular weight excluding hydrogens is 340 g/mol. The van der Waals surface area contributed by atoms with Gasteiger partial charge in [-0.3, -0.25) is 4.79 Å². The van der Waals surface area contributed by atoms with Crippen LogP contribution in [0.15, 0.2) is 24.3 Å². The van der Waals surface area contributed by atoms with E-state index in [1.54, 1.807) is 7.11 Å². The zero-order valence-electron chi connectivity index (χ0n) is 16.2. The largest absolute Gasteiger partial charge is 0.497 e. The molecule has 4 saturated carbocycles. The Balaban J connectivity index is 1.26. The normalized spacial score (nSPS) is 37.6. The van der Waals surface area contributed by atoms with Crippen LogP contribution in [0.1, 0.15) is 38.5 Å². The topological polar surface area (TPSA) is 53.0 Å². The Kier molecular flexibility index (Phi) is 3.94. The van der Waals surface area contributed by atoms with Gasteiger partial charge in [0.2, 0.25) is 5.91 Å². The number of hydrogen-bond donors (Lipinski definition) is 1. The average molecular weight is 370 g/mol. The molecule has 1 aromatic carbocycles. The number of carbonyl (C=O) groups is 1. The Morgan fingerprint density at radius 1 is 1.04 bits per heavy atom. The fourth-order valence-electron chi connectivity index (χ4n) is 6.76. The van der Waals surface area contributed by atoms with Crippen LogP contribution in [0, 0.1) is 17.3 Å². The molecular formula is C22H30N2O3. The lowest BCUT2D eigenvalue weighted by Crippen LogP contribution is -2.62. The zero-order valence-corrected chi connectivity index (χ0v) is 16.2. The fraction of sp³-hybridized carbons (Fsp3) is 0.682. The number of anilines is 1. The van der Waals surface area contributed by atoms with Crippen LogP contribution < -0.4 is 9.64 Å². The maximum Gasteiger partial charge on any atom is 0.229 e. The minimum atomic E-state index is -0.565. The number of benzene rings is 1. The summed E-state index contributed by atoms with van der Waals surface area (Å²) in [6.45, 7) is 3.29. The second kappa shape index (κ2) is 6.13. The van der Waals surface area contributed by atoms with E-state index in [9.17, 15) is 9.90 Å². The maximum absolute atomic E-state index is 13.5. The summed E-state index contributed by atoms with van der Waals surface area (Å²) < 4.78 is 5.24. The van der Waals surface area contributed by atoms with E-state index in [-0.39, 0.29) is 5.41 Å². The Labute approximate surface area is 161 Å². The summed E-state index contributed by atoms with van der Waals surface area (Å²) in [5, 5.41) is 11.0. The van der Waals surface area contributed by atoms with Gasteiger partial charge in [-0.15, -0.1) is 0 Å². The maximum atomic E-state index is 13.5. The van der Waals surface area contributed by atoms with Gasteiger partial charge in [0.15, 0.2) is 0 Å². The third-order valence-electron chi connectivity index (χ3n) is 7.49. The predicted molar refractivity (Wildman–Crippen MR) is 104 cm³/mol. The number of amides is 1. The van der Waals surface area contributed by atoms with Crippen LogP contribution in [-0.4, -0.2) is 54.8 Å². The van der Waals surface area contributed by atoms with Crippen molar-refractivity contribution in [3.05, 3.63) is 24.3 Å². The molecule has 5 nitrogen and oxygen atoms in total. The summed E-state index contributed by atoms with van der Waals surface area (Å²) in [4.78, 5) is 17.9. The molecule has 146 valence electrons. The van der Waals surface area contributed by atoms with Crippen LogP contribution in [0.3, 0.4) is 0 Å². The summed E-state index contributed by atoms with van der Waals surface area (Å²) >= 11 is 0. The number of hydrogen-bond acceptors (Lipinski definition) is 4. The van der Waals surface area contributed by atoms with Crippen molar-refractivity contribution in [2.24, 2.45) is 17.3 Å². The van der Waals surface area contributed by atoms with Gasteiger partial charge in [-0.05, 0) is 74.6 Å². The van der Waals surface area contributed by atoms with E-state index in [0.717, 1.165) is 57.6 Å².